The summed E-state index contributed by atoms with van der Waals surface area (Å²) in [5.41, 5.74) is 2.61. The van der Waals surface area contributed by atoms with E-state index in [2.05, 4.69) is 12.2 Å². The van der Waals surface area contributed by atoms with Crippen molar-refractivity contribution in [3.8, 4) is 0 Å². The zero-order valence-corrected chi connectivity index (χ0v) is 16.8. The molecule has 6 heteroatoms. The molecule has 0 aliphatic carbocycles. The average Bonchev–Trinajstić information content (AvgIpc) is 2.69. The third-order valence-corrected chi connectivity index (χ3v) is 5.41. The number of carboxylic acid groups (broad SMARTS) is 1. The minimum absolute atomic E-state index is 0.0218. The summed E-state index contributed by atoms with van der Waals surface area (Å²) >= 11 is 0. The zero-order chi connectivity index (χ0) is 21.0. The first-order valence-corrected chi connectivity index (χ1v) is 9.89. The summed E-state index contributed by atoms with van der Waals surface area (Å²) in [7, 11) is 0. The molecule has 1 saturated heterocycles. The number of aromatic carboxylic acids is 1. The van der Waals surface area contributed by atoms with Crippen LogP contribution in [0.2, 0.25) is 0 Å². The molecule has 2 aromatic rings. The standard InChI is InChI=1S/C23H26N2O4/c1-15-13-18(22(27)25-12-6-5-7-16(25)2)10-11-20(15)24-21(26)14-17-8-3-4-9-19(17)23(28)29/h3-4,8-11,13,16H,5-7,12,14H2,1-2H3,(H,24,26)(H,28,29). The van der Waals surface area contributed by atoms with Crippen LogP contribution in [0.4, 0.5) is 5.69 Å². The van der Waals surface area contributed by atoms with E-state index >= 15 is 0 Å². The molecular weight excluding hydrogens is 368 g/mol. The van der Waals surface area contributed by atoms with Gasteiger partial charge in [0.2, 0.25) is 5.91 Å². The maximum Gasteiger partial charge on any atom is 0.335 e. The molecule has 0 aromatic heterocycles. The number of hydrogen-bond acceptors (Lipinski definition) is 3. The molecule has 1 aliphatic rings. The van der Waals surface area contributed by atoms with Crippen LogP contribution in [0.25, 0.3) is 0 Å². The molecule has 0 bridgehead atoms. The average molecular weight is 394 g/mol. The molecule has 1 unspecified atom stereocenters. The van der Waals surface area contributed by atoms with E-state index in [1.165, 1.54) is 6.07 Å². The fourth-order valence-corrected chi connectivity index (χ4v) is 3.75. The SMILES string of the molecule is Cc1cc(C(=O)N2CCCCC2C)ccc1NC(=O)Cc1ccccc1C(=O)O. The molecule has 0 saturated carbocycles. The van der Waals surface area contributed by atoms with Gasteiger partial charge in [0.15, 0.2) is 0 Å². The zero-order valence-electron chi connectivity index (χ0n) is 16.8. The highest BCUT2D eigenvalue weighted by atomic mass is 16.4. The molecule has 6 nitrogen and oxygen atoms in total. The van der Waals surface area contributed by atoms with Crippen molar-refractivity contribution < 1.29 is 19.5 Å². The van der Waals surface area contributed by atoms with Gasteiger partial charge in [-0.2, -0.15) is 0 Å². The topological polar surface area (TPSA) is 86.7 Å². The highest BCUT2D eigenvalue weighted by Gasteiger charge is 2.24. The van der Waals surface area contributed by atoms with Crippen LogP contribution in [-0.2, 0) is 11.2 Å². The number of carbonyl (C=O) groups excluding carboxylic acids is 2. The van der Waals surface area contributed by atoms with Gasteiger partial charge >= 0.3 is 5.97 Å². The number of rotatable bonds is 5. The Morgan fingerprint density at radius 2 is 1.90 bits per heavy atom. The second-order valence-corrected chi connectivity index (χ2v) is 7.56. The highest BCUT2D eigenvalue weighted by Crippen LogP contribution is 2.22. The van der Waals surface area contributed by atoms with Gasteiger partial charge in [0.05, 0.1) is 12.0 Å². The van der Waals surface area contributed by atoms with E-state index in [1.54, 1.807) is 36.4 Å². The molecule has 1 aliphatic heterocycles. The first-order chi connectivity index (χ1) is 13.9. The van der Waals surface area contributed by atoms with Crippen molar-refractivity contribution in [1.82, 2.24) is 4.90 Å². The molecule has 29 heavy (non-hydrogen) atoms. The molecule has 2 aromatic carbocycles. The van der Waals surface area contributed by atoms with E-state index < -0.39 is 5.97 Å². The van der Waals surface area contributed by atoms with Gasteiger partial charge < -0.3 is 15.3 Å². The van der Waals surface area contributed by atoms with Crippen molar-refractivity contribution in [1.29, 1.82) is 0 Å². The predicted octanol–water partition coefficient (Wildman–Crippen LogP) is 3.89. The smallest absolute Gasteiger partial charge is 0.335 e. The van der Waals surface area contributed by atoms with Crippen LogP contribution < -0.4 is 5.32 Å². The van der Waals surface area contributed by atoms with Crippen LogP contribution in [0.3, 0.4) is 0 Å². The molecule has 2 N–H and O–H groups in total. The molecular formula is C23H26N2O4. The number of aryl methyl sites for hydroxylation is 1. The Morgan fingerprint density at radius 1 is 1.14 bits per heavy atom. The number of nitrogens with one attached hydrogen (secondary N) is 1. The van der Waals surface area contributed by atoms with Crippen LogP contribution in [-0.4, -0.2) is 40.4 Å². The summed E-state index contributed by atoms with van der Waals surface area (Å²) in [6.45, 7) is 4.70. The van der Waals surface area contributed by atoms with Gasteiger partial charge in [-0.05, 0) is 68.5 Å². The summed E-state index contributed by atoms with van der Waals surface area (Å²) < 4.78 is 0. The third-order valence-electron chi connectivity index (χ3n) is 5.41. The van der Waals surface area contributed by atoms with Crippen molar-refractivity contribution in [3.63, 3.8) is 0 Å². The number of amides is 2. The number of piperidine rings is 1. The number of carboxylic acids is 1. The van der Waals surface area contributed by atoms with E-state index in [9.17, 15) is 19.5 Å². The monoisotopic (exact) mass is 394 g/mol. The van der Waals surface area contributed by atoms with Crippen LogP contribution in [0.5, 0.6) is 0 Å². The Bertz CT molecular complexity index is 938. The summed E-state index contributed by atoms with van der Waals surface area (Å²) in [4.78, 5) is 38.5. The van der Waals surface area contributed by atoms with E-state index in [0.717, 1.165) is 31.4 Å². The Morgan fingerprint density at radius 3 is 2.59 bits per heavy atom. The fraction of sp³-hybridized carbons (Fsp3) is 0.348. The first-order valence-electron chi connectivity index (χ1n) is 9.89. The highest BCUT2D eigenvalue weighted by molar-refractivity contribution is 5.98. The number of benzene rings is 2. The molecule has 3 rings (SSSR count). The van der Waals surface area contributed by atoms with Gasteiger partial charge in [-0.1, -0.05) is 18.2 Å². The maximum atomic E-state index is 12.8. The van der Waals surface area contributed by atoms with Gasteiger partial charge in [0.25, 0.3) is 5.91 Å². The summed E-state index contributed by atoms with van der Waals surface area (Å²) in [5, 5.41) is 12.1. The predicted molar refractivity (Wildman–Crippen MR) is 111 cm³/mol. The normalized spacial score (nSPS) is 16.3. The van der Waals surface area contributed by atoms with Crippen LogP contribution >= 0.6 is 0 Å². The van der Waals surface area contributed by atoms with Crippen molar-refractivity contribution in [2.75, 3.05) is 11.9 Å². The number of likely N-dealkylation sites (tertiary alicyclic amines) is 1. The van der Waals surface area contributed by atoms with Gasteiger partial charge in [0, 0.05) is 23.8 Å². The molecule has 0 radical (unpaired) electrons. The lowest BCUT2D eigenvalue weighted by Gasteiger charge is -2.33. The van der Waals surface area contributed by atoms with E-state index in [-0.39, 0.29) is 29.8 Å². The number of nitrogens with zero attached hydrogens (tertiary/aromatic N) is 1. The first kappa shape index (κ1) is 20.6. The van der Waals surface area contributed by atoms with Gasteiger partial charge in [-0.25, -0.2) is 4.79 Å². The van der Waals surface area contributed by atoms with Crippen molar-refractivity contribution in [3.05, 3.63) is 64.7 Å². The molecule has 1 fully saturated rings. The van der Waals surface area contributed by atoms with E-state index in [1.807, 2.05) is 11.8 Å². The quantitative estimate of drug-likeness (QED) is 0.805. The molecule has 2 amide bonds. The molecule has 1 heterocycles. The van der Waals surface area contributed by atoms with Crippen LogP contribution in [0.1, 0.15) is 58.0 Å². The second-order valence-electron chi connectivity index (χ2n) is 7.56. The number of anilines is 1. The summed E-state index contributed by atoms with van der Waals surface area (Å²) in [6, 6.07) is 12.0. The maximum absolute atomic E-state index is 12.8. The van der Waals surface area contributed by atoms with Gasteiger partial charge in [0.1, 0.15) is 0 Å². The van der Waals surface area contributed by atoms with E-state index in [4.69, 9.17) is 0 Å². The Kier molecular flexibility index (Phi) is 6.32. The van der Waals surface area contributed by atoms with Gasteiger partial charge in [-0.3, -0.25) is 9.59 Å². The Hall–Kier alpha value is -3.15. The number of carbonyl (C=O) groups is 3. The minimum Gasteiger partial charge on any atom is -0.478 e. The number of hydrogen-bond donors (Lipinski definition) is 2. The minimum atomic E-state index is -1.06. The van der Waals surface area contributed by atoms with Gasteiger partial charge in [-0.15, -0.1) is 0 Å². The fourth-order valence-electron chi connectivity index (χ4n) is 3.75. The molecule has 152 valence electrons. The lowest BCUT2D eigenvalue weighted by molar-refractivity contribution is -0.115. The largest absolute Gasteiger partial charge is 0.478 e. The molecule has 1 atom stereocenters. The van der Waals surface area contributed by atoms with Crippen molar-refractivity contribution in [2.24, 2.45) is 0 Å². The van der Waals surface area contributed by atoms with Crippen molar-refractivity contribution in [2.45, 2.75) is 45.6 Å². The Balaban J connectivity index is 1.70. The van der Waals surface area contributed by atoms with Crippen LogP contribution in [0.15, 0.2) is 42.5 Å². The summed E-state index contributed by atoms with van der Waals surface area (Å²) in [5.74, 6) is -1.33. The lowest BCUT2D eigenvalue weighted by atomic mass is 10.0. The molecule has 0 spiro atoms. The third kappa shape index (κ3) is 4.83. The summed E-state index contributed by atoms with van der Waals surface area (Å²) in [6.07, 6.45) is 3.17. The Labute approximate surface area is 170 Å². The van der Waals surface area contributed by atoms with Crippen LogP contribution in [0, 0.1) is 6.92 Å². The van der Waals surface area contributed by atoms with E-state index in [0.29, 0.717) is 16.8 Å². The lowest BCUT2D eigenvalue weighted by Crippen LogP contribution is -2.42. The second kappa shape index (κ2) is 8.90. The van der Waals surface area contributed by atoms with Crippen molar-refractivity contribution >= 4 is 23.5 Å².